The summed E-state index contributed by atoms with van der Waals surface area (Å²) in [6.45, 7) is 0. The number of halogens is 11. The molecule has 0 amide bonds. The summed E-state index contributed by atoms with van der Waals surface area (Å²) in [5.74, 6) is -3.76. The molecule has 0 aromatic rings. The van der Waals surface area contributed by atoms with Crippen LogP contribution in [0.3, 0.4) is 0 Å². The minimum Gasteiger partial charge on any atom is -0.213 e. The molecule has 1 aliphatic heterocycles. The fourth-order valence-electron chi connectivity index (χ4n) is 1.25. The summed E-state index contributed by atoms with van der Waals surface area (Å²) in [4.78, 5) is 1.80. The van der Waals surface area contributed by atoms with E-state index in [2.05, 4.69) is 0 Å². The number of aliphatic imine (C=N–C) groups is 1. The second-order valence-electron chi connectivity index (χ2n) is 3.30. The van der Waals surface area contributed by atoms with E-state index in [9.17, 15) is 48.3 Å². The zero-order valence-corrected chi connectivity index (χ0v) is 9.33. The van der Waals surface area contributed by atoms with Gasteiger partial charge in [0.2, 0.25) is 11.1 Å². The second-order valence-corrected chi connectivity index (χ2v) is 4.46. The van der Waals surface area contributed by atoms with Gasteiger partial charge in [-0.25, -0.2) is 4.99 Å². The molecule has 0 aromatic heterocycles. The predicted octanol–water partition coefficient (Wildman–Crippen LogP) is 4.67. The molecule has 0 fully saturated rings. The standard InChI is InChI=1S/C7F11NS/c8-1(5(10,11)12)2-4(6(13,14)15,7(16,17)18)20-3(9)19-2. The number of thioether (sulfide) groups is 1. The molecule has 0 radical (unpaired) electrons. The minimum atomic E-state index is -6.45. The van der Waals surface area contributed by atoms with Crippen LogP contribution in [0.2, 0.25) is 0 Å². The molecule has 0 bridgehead atoms. The molecule has 0 aromatic carbocycles. The van der Waals surface area contributed by atoms with E-state index < -0.39 is 51.9 Å². The third-order valence-corrected chi connectivity index (χ3v) is 3.25. The van der Waals surface area contributed by atoms with Crippen LogP contribution in [0, 0.1) is 0 Å². The van der Waals surface area contributed by atoms with E-state index in [1.54, 1.807) is 4.99 Å². The number of nitrogens with zero attached hydrogens (tertiary/aromatic N) is 1. The Labute approximate surface area is 106 Å². The van der Waals surface area contributed by atoms with E-state index in [4.69, 9.17) is 0 Å². The zero-order chi connectivity index (χ0) is 16.1. The molecule has 1 heterocycles. The highest BCUT2D eigenvalue weighted by Crippen LogP contribution is 2.61. The summed E-state index contributed by atoms with van der Waals surface area (Å²) >= 11 is -1.69. The first-order valence-electron chi connectivity index (χ1n) is 4.18. The topological polar surface area (TPSA) is 12.4 Å². The van der Waals surface area contributed by atoms with Gasteiger partial charge in [0.15, 0.2) is 0 Å². The van der Waals surface area contributed by atoms with Crippen molar-refractivity contribution in [1.82, 2.24) is 0 Å². The number of hydrogen-bond acceptors (Lipinski definition) is 2. The highest BCUT2D eigenvalue weighted by Gasteiger charge is 2.78. The van der Waals surface area contributed by atoms with Gasteiger partial charge in [0.25, 0.3) is 4.75 Å². The van der Waals surface area contributed by atoms with E-state index in [0.717, 1.165) is 0 Å². The van der Waals surface area contributed by atoms with Gasteiger partial charge in [-0.15, -0.1) is 0 Å². The van der Waals surface area contributed by atoms with Crippen LogP contribution in [0.25, 0.3) is 0 Å². The first-order chi connectivity index (χ1) is 8.64. The Morgan fingerprint density at radius 2 is 1.30 bits per heavy atom. The van der Waals surface area contributed by atoms with Crippen molar-refractivity contribution < 1.29 is 48.3 Å². The van der Waals surface area contributed by atoms with Gasteiger partial charge in [0, 0.05) is 0 Å². The Hall–Kier alpha value is -1.01. The highest BCUT2D eigenvalue weighted by atomic mass is 32.2. The molecule has 1 aliphatic rings. The molecule has 0 unspecified atom stereocenters. The van der Waals surface area contributed by atoms with Crippen LogP contribution in [-0.4, -0.2) is 28.6 Å². The molecule has 20 heavy (non-hydrogen) atoms. The zero-order valence-electron chi connectivity index (χ0n) is 8.51. The van der Waals surface area contributed by atoms with Crippen LogP contribution in [0.15, 0.2) is 16.5 Å². The molecule has 0 saturated heterocycles. The smallest absolute Gasteiger partial charge is 0.213 e. The van der Waals surface area contributed by atoms with E-state index in [-0.39, 0.29) is 0 Å². The summed E-state index contributed by atoms with van der Waals surface area (Å²) in [6.07, 6.45) is -19.1. The van der Waals surface area contributed by atoms with Gasteiger partial charge in [0.05, 0.1) is 0 Å². The lowest BCUT2D eigenvalue weighted by Crippen LogP contribution is -2.54. The lowest BCUT2D eigenvalue weighted by Gasteiger charge is -2.32. The van der Waals surface area contributed by atoms with E-state index in [1.165, 1.54) is 0 Å². The maximum atomic E-state index is 12.8. The Bertz CT molecular complexity index is 451. The lowest BCUT2D eigenvalue weighted by molar-refractivity contribution is -0.253. The summed E-state index contributed by atoms with van der Waals surface area (Å²) < 4.78 is 131. The maximum Gasteiger partial charge on any atom is 0.444 e. The molecule has 0 saturated carbocycles. The van der Waals surface area contributed by atoms with Crippen LogP contribution in [0.5, 0.6) is 0 Å². The van der Waals surface area contributed by atoms with Gasteiger partial charge in [-0.05, 0) is 11.8 Å². The number of hydrogen-bond donors (Lipinski definition) is 0. The van der Waals surface area contributed by atoms with Gasteiger partial charge in [-0.3, -0.25) is 0 Å². The van der Waals surface area contributed by atoms with Crippen molar-refractivity contribution in [2.45, 2.75) is 23.3 Å². The van der Waals surface area contributed by atoms with Crippen molar-refractivity contribution in [3.63, 3.8) is 0 Å². The average Bonchev–Trinajstić information content (AvgIpc) is 2.52. The third-order valence-electron chi connectivity index (χ3n) is 2.03. The molecule has 13 heteroatoms. The molecule has 0 atom stereocenters. The SMILES string of the molecule is FC1=NC(=C(F)C(F)(F)F)C(C(F)(F)F)(C(F)(F)F)S1. The first kappa shape index (κ1) is 17.0. The van der Waals surface area contributed by atoms with Crippen molar-refractivity contribution in [2.75, 3.05) is 0 Å². The normalized spacial score (nSPS) is 22.9. The fraction of sp³-hybridized carbons (Fsp3) is 0.571. The Balaban J connectivity index is 3.71. The summed E-state index contributed by atoms with van der Waals surface area (Å²) in [7, 11) is 0. The van der Waals surface area contributed by atoms with E-state index in [0.29, 0.717) is 0 Å². The molecule has 0 aliphatic carbocycles. The van der Waals surface area contributed by atoms with Gasteiger partial charge in [-0.2, -0.15) is 48.3 Å². The number of allylic oxidation sites excluding steroid dienone is 1. The van der Waals surface area contributed by atoms with Crippen molar-refractivity contribution in [2.24, 2.45) is 4.99 Å². The van der Waals surface area contributed by atoms with Crippen molar-refractivity contribution >= 4 is 17.1 Å². The average molecular weight is 339 g/mol. The van der Waals surface area contributed by atoms with Crippen LogP contribution in [0.4, 0.5) is 48.3 Å². The Kier molecular flexibility index (Phi) is 3.83. The molecule has 116 valence electrons. The van der Waals surface area contributed by atoms with Crippen molar-refractivity contribution in [3.8, 4) is 0 Å². The molecule has 0 spiro atoms. The highest BCUT2D eigenvalue weighted by molar-refractivity contribution is 8.15. The molecular weight excluding hydrogens is 339 g/mol. The fourth-order valence-corrected chi connectivity index (χ4v) is 2.10. The summed E-state index contributed by atoms with van der Waals surface area (Å²) in [5, 5.41) is -2.48. The van der Waals surface area contributed by atoms with E-state index >= 15 is 0 Å². The van der Waals surface area contributed by atoms with Gasteiger partial charge >= 0.3 is 18.5 Å². The predicted molar refractivity (Wildman–Crippen MR) is 45.2 cm³/mol. The molecular formula is C7F11NS. The molecule has 0 N–H and O–H groups in total. The van der Waals surface area contributed by atoms with E-state index in [1.807, 2.05) is 0 Å². The van der Waals surface area contributed by atoms with Crippen molar-refractivity contribution in [3.05, 3.63) is 11.5 Å². The lowest BCUT2D eigenvalue weighted by atomic mass is 10.0. The van der Waals surface area contributed by atoms with Gasteiger partial charge in [0.1, 0.15) is 5.70 Å². The largest absolute Gasteiger partial charge is 0.444 e. The van der Waals surface area contributed by atoms with Gasteiger partial charge in [-0.1, -0.05) is 0 Å². The van der Waals surface area contributed by atoms with Crippen LogP contribution in [-0.2, 0) is 0 Å². The van der Waals surface area contributed by atoms with Gasteiger partial charge < -0.3 is 0 Å². The molecule has 1 nitrogen and oxygen atoms in total. The summed E-state index contributed by atoms with van der Waals surface area (Å²) in [5.41, 5.74) is -3.10. The maximum absolute atomic E-state index is 12.8. The Morgan fingerprint density at radius 3 is 1.60 bits per heavy atom. The van der Waals surface area contributed by atoms with Crippen LogP contribution < -0.4 is 0 Å². The molecule has 1 rings (SSSR count). The van der Waals surface area contributed by atoms with Crippen LogP contribution in [0.1, 0.15) is 0 Å². The second kappa shape index (κ2) is 4.49. The number of alkyl halides is 9. The van der Waals surface area contributed by atoms with Crippen molar-refractivity contribution in [1.29, 1.82) is 0 Å². The first-order valence-corrected chi connectivity index (χ1v) is 5.00. The minimum absolute atomic E-state index is 1.69. The van der Waals surface area contributed by atoms with Crippen LogP contribution >= 0.6 is 11.8 Å². The monoisotopic (exact) mass is 339 g/mol. The summed E-state index contributed by atoms with van der Waals surface area (Å²) in [6, 6.07) is 0. The quantitative estimate of drug-likeness (QED) is 0.585. The Morgan fingerprint density at radius 1 is 0.900 bits per heavy atom. The number of rotatable bonds is 0. The third kappa shape index (κ3) is 2.46.